The summed E-state index contributed by atoms with van der Waals surface area (Å²) in [6.45, 7) is 2.92. The predicted octanol–water partition coefficient (Wildman–Crippen LogP) is 3.62. The molecule has 1 aromatic heterocycles. The Balaban J connectivity index is 1.67. The molecule has 1 atom stereocenters. The van der Waals surface area contributed by atoms with Crippen LogP contribution in [0, 0.1) is 0 Å². The van der Waals surface area contributed by atoms with Gasteiger partial charge < -0.3 is 10.1 Å². The Kier molecular flexibility index (Phi) is 5.26. The zero-order valence-corrected chi connectivity index (χ0v) is 14.9. The molecule has 1 heterocycles. The van der Waals surface area contributed by atoms with Gasteiger partial charge in [0.2, 0.25) is 0 Å². The highest BCUT2D eigenvalue weighted by Gasteiger charge is 2.20. The van der Waals surface area contributed by atoms with E-state index in [2.05, 4.69) is 10.3 Å². The molecule has 0 aliphatic heterocycles. The van der Waals surface area contributed by atoms with Crippen LogP contribution in [0.3, 0.4) is 0 Å². The summed E-state index contributed by atoms with van der Waals surface area (Å²) in [4.78, 5) is 40.3. The van der Waals surface area contributed by atoms with Crippen molar-refractivity contribution in [3.05, 3.63) is 71.9 Å². The first-order chi connectivity index (χ1) is 12.9. The number of hydrogen-bond donors (Lipinski definition) is 1. The molecule has 0 bridgehead atoms. The number of nitrogens with zero attached hydrogens (tertiary/aromatic N) is 1. The van der Waals surface area contributed by atoms with Gasteiger partial charge in [-0.05, 0) is 38.1 Å². The standard InChI is InChI=1S/C21H18N2O4/c1-13(24)16-7-5-8-17(12-16)22-20(25)14(2)27-21(26)19-11-10-15-6-3-4-9-18(15)23-19/h3-12,14H,1-2H3,(H,22,25)/t14-/m1/s1. The number of hydrogen-bond acceptors (Lipinski definition) is 5. The van der Waals surface area contributed by atoms with Crippen LogP contribution in [-0.4, -0.2) is 28.7 Å². The fraction of sp³-hybridized carbons (Fsp3) is 0.143. The molecule has 0 fully saturated rings. The molecule has 0 unspecified atom stereocenters. The van der Waals surface area contributed by atoms with Crippen LogP contribution in [0.2, 0.25) is 0 Å². The van der Waals surface area contributed by atoms with Gasteiger partial charge in [0.05, 0.1) is 5.52 Å². The minimum atomic E-state index is -1.02. The summed E-state index contributed by atoms with van der Waals surface area (Å²) in [6, 6.07) is 17.3. The molecule has 27 heavy (non-hydrogen) atoms. The third kappa shape index (κ3) is 4.36. The minimum Gasteiger partial charge on any atom is -0.448 e. The number of carbonyl (C=O) groups excluding carboxylic acids is 3. The van der Waals surface area contributed by atoms with Crippen LogP contribution in [-0.2, 0) is 9.53 Å². The third-order valence-electron chi connectivity index (χ3n) is 4.00. The van der Waals surface area contributed by atoms with Crippen molar-refractivity contribution in [3.8, 4) is 0 Å². The summed E-state index contributed by atoms with van der Waals surface area (Å²) < 4.78 is 5.22. The molecule has 6 nitrogen and oxygen atoms in total. The van der Waals surface area contributed by atoms with Crippen molar-refractivity contribution in [3.63, 3.8) is 0 Å². The number of esters is 1. The number of benzene rings is 2. The van der Waals surface area contributed by atoms with Crippen molar-refractivity contribution in [1.82, 2.24) is 4.98 Å². The number of aromatic nitrogens is 1. The maximum atomic E-state index is 12.3. The van der Waals surface area contributed by atoms with Crippen LogP contribution in [0.5, 0.6) is 0 Å². The second-order valence-electron chi connectivity index (χ2n) is 6.06. The molecular weight excluding hydrogens is 344 g/mol. The summed E-state index contributed by atoms with van der Waals surface area (Å²) in [5.41, 5.74) is 1.74. The molecule has 0 radical (unpaired) electrons. The Morgan fingerprint density at radius 1 is 1.00 bits per heavy atom. The molecule has 0 saturated carbocycles. The first-order valence-corrected chi connectivity index (χ1v) is 8.42. The second-order valence-corrected chi connectivity index (χ2v) is 6.06. The third-order valence-corrected chi connectivity index (χ3v) is 4.00. The van der Waals surface area contributed by atoms with Crippen molar-refractivity contribution < 1.29 is 19.1 Å². The highest BCUT2D eigenvalue weighted by Crippen LogP contribution is 2.14. The average Bonchev–Trinajstić information content (AvgIpc) is 2.67. The highest BCUT2D eigenvalue weighted by atomic mass is 16.5. The van der Waals surface area contributed by atoms with Gasteiger partial charge in [0.25, 0.3) is 5.91 Å². The molecule has 0 aliphatic rings. The average molecular weight is 362 g/mol. The van der Waals surface area contributed by atoms with Crippen molar-refractivity contribution in [2.75, 3.05) is 5.32 Å². The molecule has 0 spiro atoms. The Hall–Kier alpha value is -3.54. The lowest BCUT2D eigenvalue weighted by Crippen LogP contribution is -2.30. The number of amides is 1. The molecule has 0 saturated heterocycles. The van der Waals surface area contributed by atoms with Gasteiger partial charge in [0, 0.05) is 16.6 Å². The first kappa shape index (κ1) is 18.3. The lowest BCUT2D eigenvalue weighted by atomic mass is 10.1. The number of carbonyl (C=O) groups is 3. The Labute approximate surface area is 156 Å². The van der Waals surface area contributed by atoms with Crippen LogP contribution >= 0.6 is 0 Å². The molecule has 1 N–H and O–H groups in total. The van der Waals surface area contributed by atoms with Gasteiger partial charge in [-0.25, -0.2) is 9.78 Å². The largest absolute Gasteiger partial charge is 0.448 e. The summed E-state index contributed by atoms with van der Waals surface area (Å²) in [7, 11) is 0. The van der Waals surface area contributed by atoms with Gasteiger partial charge in [-0.2, -0.15) is 0 Å². The summed E-state index contributed by atoms with van der Waals surface area (Å²) >= 11 is 0. The first-order valence-electron chi connectivity index (χ1n) is 8.42. The number of para-hydroxylation sites is 1. The van der Waals surface area contributed by atoms with E-state index in [9.17, 15) is 14.4 Å². The van der Waals surface area contributed by atoms with Gasteiger partial charge in [-0.15, -0.1) is 0 Å². The molecule has 6 heteroatoms. The van der Waals surface area contributed by atoms with Gasteiger partial charge in [-0.1, -0.05) is 36.4 Å². The van der Waals surface area contributed by atoms with Crippen molar-refractivity contribution >= 4 is 34.3 Å². The number of ether oxygens (including phenoxy) is 1. The lowest BCUT2D eigenvalue weighted by Gasteiger charge is -2.14. The summed E-state index contributed by atoms with van der Waals surface area (Å²) in [6.07, 6.45) is -1.02. The number of nitrogens with one attached hydrogen (secondary N) is 1. The van der Waals surface area contributed by atoms with E-state index in [1.54, 1.807) is 42.5 Å². The fourth-order valence-electron chi connectivity index (χ4n) is 2.51. The molecule has 2 aromatic carbocycles. The van der Waals surface area contributed by atoms with E-state index in [1.165, 1.54) is 13.8 Å². The predicted molar refractivity (Wildman–Crippen MR) is 102 cm³/mol. The maximum Gasteiger partial charge on any atom is 0.357 e. The van der Waals surface area contributed by atoms with Gasteiger partial charge in [0.15, 0.2) is 11.9 Å². The number of rotatable bonds is 5. The van der Waals surface area contributed by atoms with Crippen molar-refractivity contribution in [2.45, 2.75) is 20.0 Å². The maximum absolute atomic E-state index is 12.3. The van der Waals surface area contributed by atoms with Crippen LogP contribution in [0.15, 0.2) is 60.7 Å². The molecule has 136 valence electrons. The van der Waals surface area contributed by atoms with Crippen LogP contribution in [0.1, 0.15) is 34.7 Å². The zero-order chi connectivity index (χ0) is 19.4. The van der Waals surface area contributed by atoms with Crippen molar-refractivity contribution in [1.29, 1.82) is 0 Å². The number of anilines is 1. The summed E-state index contributed by atoms with van der Waals surface area (Å²) in [5, 5.41) is 3.54. The van der Waals surface area contributed by atoms with Gasteiger partial charge in [-0.3, -0.25) is 9.59 Å². The van der Waals surface area contributed by atoms with Gasteiger partial charge >= 0.3 is 5.97 Å². The van der Waals surface area contributed by atoms with E-state index >= 15 is 0 Å². The van der Waals surface area contributed by atoms with Crippen LogP contribution in [0.4, 0.5) is 5.69 Å². The quantitative estimate of drug-likeness (QED) is 0.553. The lowest BCUT2D eigenvalue weighted by molar-refractivity contribution is -0.123. The smallest absolute Gasteiger partial charge is 0.357 e. The topological polar surface area (TPSA) is 85.4 Å². The number of ketones is 1. The van der Waals surface area contributed by atoms with E-state index in [-0.39, 0.29) is 11.5 Å². The Morgan fingerprint density at radius 3 is 2.56 bits per heavy atom. The molecule has 1 amide bonds. The Bertz CT molecular complexity index is 1030. The van der Waals surface area contributed by atoms with Crippen LogP contribution in [0.25, 0.3) is 10.9 Å². The number of fused-ring (bicyclic) bond motifs is 1. The monoisotopic (exact) mass is 362 g/mol. The van der Waals surface area contributed by atoms with Crippen LogP contribution < -0.4 is 5.32 Å². The molecule has 3 aromatic rings. The van der Waals surface area contributed by atoms with E-state index < -0.39 is 18.0 Å². The van der Waals surface area contributed by atoms with E-state index in [0.29, 0.717) is 16.8 Å². The second kappa shape index (κ2) is 7.78. The molecule has 3 rings (SSSR count). The summed E-state index contributed by atoms with van der Waals surface area (Å²) in [5.74, 6) is -1.28. The van der Waals surface area contributed by atoms with Crippen molar-refractivity contribution in [2.24, 2.45) is 0 Å². The SMILES string of the molecule is CC(=O)c1cccc(NC(=O)[C@@H](C)OC(=O)c2ccc3ccccc3n2)c1. The molecule has 0 aliphatic carbocycles. The normalized spacial score (nSPS) is 11.6. The minimum absolute atomic E-state index is 0.104. The number of pyridine rings is 1. The van der Waals surface area contributed by atoms with E-state index in [4.69, 9.17) is 4.74 Å². The highest BCUT2D eigenvalue weighted by molar-refractivity contribution is 5.99. The Morgan fingerprint density at radius 2 is 1.78 bits per heavy atom. The van der Waals surface area contributed by atoms with Gasteiger partial charge in [0.1, 0.15) is 5.69 Å². The number of Topliss-reactive ketones (excluding diaryl/α,β-unsaturated/α-hetero) is 1. The van der Waals surface area contributed by atoms with E-state index in [1.807, 2.05) is 18.2 Å². The van der Waals surface area contributed by atoms with E-state index in [0.717, 1.165) is 5.39 Å². The zero-order valence-electron chi connectivity index (χ0n) is 14.9. The molecular formula is C21H18N2O4. The fourth-order valence-corrected chi connectivity index (χ4v) is 2.51.